The molecular weight excluding hydrogens is 340 g/mol. The topological polar surface area (TPSA) is 97.6 Å². The Kier molecular flexibility index (Phi) is 4.54. The molecule has 1 aromatic heterocycles. The Labute approximate surface area is 130 Å². The van der Waals surface area contributed by atoms with Crippen molar-refractivity contribution in [2.45, 2.75) is 30.4 Å². The van der Waals surface area contributed by atoms with Gasteiger partial charge in [0.1, 0.15) is 4.21 Å². The van der Waals surface area contributed by atoms with E-state index in [1.807, 2.05) is 6.92 Å². The van der Waals surface area contributed by atoms with E-state index in [2.05, 4.69) is 0 Å². The van der Waals surface area contributed by atoms with E-state index in [0.29, 0.717) is 11.3 Å². The Balaban J connectivity index is 2.32. The molecule has 116 valence electrons. The number of hydrogen-bond donors (Lipinski definition) is 0. The summed E-state index contributed by atoms with van der Waals surface area (Å²) in [4.78, 5) is 21.9. The van der Waals surface area contributed by atoms with Gasteiger partial charge in [0.15, 0.2) is 4.34 Å². The minimum absolute atomic E-state index is 0.00250. The highest BCUT2D eigenvalue weighted by Gasteiger charge is 2.39. The molecule has 1 aliphatic heterocycles. The molecule has 2 heterocycles. The van der Waals surface area contributed by atoms with Crippen molar-refractivity contribution >= 4 is 44.6 Å². The molecule has 1 aliphatic rings. The number of carbonyl (C=O) groups is 1. The number of rotatable bonds is 5. The molecule has 1 atom stereocenters. The molecule has 1 unspecified atom stereocenters. The number of amides is 1. The van der Waals surface area contributed by atoms with Crippen LogP contribution in [-0.2, 0) is 14.8 Å². The van der Waals surface area contributed by atoms with Crippen LogP contribution in [0.2, 0.25) is 4.34 Å². The third kappa shape index (κ3) is 3.04. The first-order valence-corrected chi connectivity index (χ1v) is 8.90. The lowest BCUT2D eigenvalue weighted by Gasteiger charge is -2.15. The molecule has 21 heavy (non-hydrogen) atoms. The molecule has 7 nitrogen and oxygen atoms in total. The molecule has 1 fully saturated rings. The van der Waals surface area contributed by atoms with E-state index in [1.165, 1.54) is 0 Å². The standard InChI is InChI=1S/C11H13ClN2O5S2/c1-2-3-7-4-9(15)13(6-7)21(18,19)10-5-8(14(16)17)11(12)20-10/h5,7H,2-4,6H2,1H3. The SMILES string of the molecule is CCCC1CC(=O)N(S(=O)(=O)c2cc([N+](=O)[O-])c(Cl)s2)C1. The highest BCUT2D eigenvalue weighted by Crippen LogP contribution is 2.39. The summed E-state index contributed by atoms with van der Waals surface area (Å²) in [7, 11) is -4.06. The molecule has 0 radical (unpaired) electrons. The third-order valence-corrected chi connectivity index (χ3v) is 6.82. The molecule has 0 aromatic carbocycles. The second-order valence-corrected chi connectivity index (χ2v) is 8.51. The smallest absolute Gasteiger partial charge is 0.274 e. The number of hydrogen-bond acceptors (Lipinski definition) is 6. The zero-order chi connectivity index (χ0) is 15.8. The summed E-state index contributed by atoms with van der Waals surface area (Å²) in [6.45, 7) is 2.09. The van der Waals surface area contributed by atoms with Crippen molar-refractivity contribution in [3.8, 4) is 0 Å². The number of nitro groups is 1. The summed E-state index contributed by atoms with van der Waals surface area (Å²) in [5, 5.41) is 10.7. The third-order valence-electron chi connectivity index (χ3n) is 3.25. The van der Waals surface area contributed by atoms with Crippen molar-refractivity contribution in [3.63, 3.8) is 0 Å². The van der Waals surface area contributed by atoms with Crippen LogP contribution in [0.3, 0.4) is 0 Å². The Morgan fingerprint density at radius 1 is 1.57 bits per heavy atom. The van der Waals surface area contributed by atoms with Crippen molar-refractivity contribution in [2.75, 3.05) is 6.54 Å². The maximum atomic E-state index is 12.4. The average Bonchev–Trinajstić information content (AvgIpc) is 2.94. The lowest BCUT2D eigenvalue weighted by Crippen LogP contribution is -2.32. The van der Waals surface area contributed by atoms with Crippen molar-refractivity contribution in [2.24, 2.45) is 5.92 Å². The maximum absolute atomic E-state index is 12.4. The van der Waals surface area contributed by atoms with Gasteiger partial charge in [-0.05, 0) is 12.3 Å². The molecule has 0 N–H and O–H groups in total. The van der Waals surface area contributed by atoms with E-state index >= 15 is 0 Å². The fourth-order valence-electron chi connectivity index (χ4n) is 2.28. The minimum atomic E-state index is -4.06. The lowest BCUT2D eigenvalue weighted by molar-refractivity contribution is -0.384. The highest BCUT2D eigenvalue weighted by atomic mass is 35.5. The van der Waals surface area contributed by atoms with Crippen LogP contribution < -0.4 is 0 Å². The van der Waals surface area contributed by atoms with Crippen LogP contribution in [-0.4, -0.2) is 30.1 Å². The van der Waals surface area contributed by atoms with E-state index < -0.39 is 26.5 Å². The van der Waals surface area contributed by atoms with Gasteiger partial charge in [0, 0.05) is 19.0 Å². The van der Waals surface area contributed by atoms with Crippen molar-refractivity contribution in [1.29, 1.82) is 0 Å². The summed E-state index contributed by atoms with van der Waals surface area (Å²) >= 11 is 6.27. The summed E-state index contributed by atoms with van der Waals surface area (Å²) in [5.74, 6) is -0.469. The molecule has 0 spiro atoms. The fraction of sp³-hybridized carbons (Fsp3) is 0.545. The van der Waals surface area contributed by atoms with E-state index in [0.717, 1.165) is 23.2 Å². The van der Waals surface area contributed by atoms with E-state index in [4.69, 9.17) is 11.6 Å². The quantitative estimate of drug-likeness (QED) is 0.599. The number of sulfonamides is 1. The molecule has 2 rings (SSSR count). The van der Waals surface area contributed by atoms with Gasteiger partial charge >= 0.3 is 0 Å². The van der Waals surface area contributed by atoms with Crippen LogP contribution in [0.5, 0.6) is 0 Å². The zero-order valence-corrected chi connectivity index (χ0v) is 13.5. The Bertz CT molecular complexity index is 685. The van der Waals surface area contributed by atoms with Crippen LogP contribution in [0.25, 0.3) is 0 Å². The summed E-state index contributed by atoms with van der Waals surface area (Å²) < 4.78 is 25.2. The van der Waals surface area contributed by atoms with Crippen molar-refractivity contribution < 1.29 is 18.1 Å². The minimum Gasteiger partial charge on any atom is -0.274 e. The molecule has 10 heteroatoms. The summed E-state index contributed by atoms with van der Waals surface area (Å²) in [6.07, 6.45) is 1.82. The van der Waals surface area contributed by atoms with Crippen molar-refractivity contribution in [1.82, 2.24) is 4.31 Å². The van der Waals surface area contributed by atoms with Gasteiger partial charge in [-0.15, -0.1) is 11.3 Å². The Hall–Kier alpha value is -1.19. The Morgan fingerprint density at radius 2 is 2.24 bits per heavy atom. The predicted molar refractivity (Wildman–Crippen MR) is 77.9 cm³/mol. The van der Waals surface area contributed by atoms with Crippen LogP contribution in [0.15, 0.2) is 10.3 Å². The van der Waals surface area contributed by atoms with Crippen LogP contribution in [0, 0.1) is 16.0 Å². The molecule has 0 bridgehead atoms. The van der Waals surface area contributed by atoms with Gasteiger partial charge in [-0.1, -0.05) is 24.9 Å². The fourth-order valence-corrected chi connectivity index (χ4v) is 5.55. The summed E-state index contributed by atoms with van der Waals surface area (Å²) in [5.41, 5.74) is -0.461. The van der Waals surface area contributed by atoms with Gasteiger partial charge < -0.3 is 0 Å². The first kappa shape index (κ1) is 16.2. The second kappa shape index (κ2) is 5.90. The monoisotopic (exact) mass is 352 g/mol. The van der Waals surface area contributed by atoms with Gasteiger partial charge in [0.25, 0.3) is 15.7 Å². The predicted octanol–water partition coefficient (Wildman–Crippen LogP) is 2.65. The van der Waals surface area contributed by atoms with Gasteiger partial charge in [0.2, 0.25) is 5.91 Å². The second-order valence-electron chi connectivity index (χ2n) is 4.77. The van der Waals surface area contributed by atoms with Crippen LogP contribution in [0.1, 0.15) is 26.2 Å². The number of nitrogens with zero attached hydrogens (tertiary/aromatic N) is 2. The first-order valence-electron chi connectivity index (χ1n) is 6.26. The largest absolute Gasteiger partial charge is 0.300 e. The molecule has 0 saturated carbocycles. The molecular formula is C11H13ClN2O5S2. The molecule has 1 saturated heterocycles. The highest BCUT2D eigenvalue weighted by molar-refractivity contribution is 7.91. The summed E-state index contributed by atoms with van der Waals surface area (Å²) in [6, 6.07) is 0.906. The first-order chi connectivity index (χ1) is 9.77. The zero-order valence-electron chi connectivity index (χ0n) is 11.1. The molecule has 1 amide bonds. The van der Waals surface area contributed by atoms with E-state index in [1.54, 1.807) is 0 Å². The average molecular weight is 353 g/mol. The van der Waals surface area contributed by atoms with Gasteiger partial charge in [-0.3, -0.25) is 14.9 Å². The Morgan fingerprint density at radius 3 is 2.76 bits per heavy atom. The van der Waals surface area contributed by atoms with Crippen molar-refractivity contribution in [3.05, 3.63) is 20.5 Å². The lowest BCUT2D eigenvalue weighted by atomic mass is 10.0. The van der Waals surface area contributed by atoms with E-state index in [-0.39, 0.29) is 27.4 Å². The normalized spacial score (nSPS) is 19.2. The van der Waals surface area contributed by atoms with Gasteiger partial charge in [-0.25, -0.2) is 12.7 Å². The number of carbonyl (C=O) groups excluding carboxylic acids is 1. The number of halogens is 1. The van der Waals surface area contributed by atoms with Gasteiger partial charge in [-0.2, -0.15) is 0 Å². The number of thiophene rings is 1. The maximum Gasteiger partial charge on any atom is 0.300 e. The van der Waals surface area contributed by atoms with Crippen LogP contribution >= 0.6 is 22.9 Å². The van der Waals surface area contributed by atoms with E-state index in [9.17, 15) is 23.3 Å². The molecule has 0 aliphatic carbocycles. The molecule has 1 aromatic rings. The van der Waals surface area contributed by atoms with Crippen LogP contribution in [0.4, 0.5) is 5.69 Å². The van der Waals surface area contributed by atoms with Gasteiger partial charge in [0.05, 0.1) is 4.92 Å².